The lowest BCUT2D eigenvalue weighted by molar-refractivity contribution is -0.115. The Morgan fingerprint density at radius 1 is 1.07 bits per heavy atom. The number of aliphatic hydroxyl groups is 1. The molecule has 0 radical (unpaired) electrons. The minimum absolute atomic E-state index is 0.0112. The van der Waals surface area contributed by atoms with Gasteiger partial charge in [0, 0.05) is 44.1 Å². The molecule has 1 atom stereocenters. The van der Waals surface area contributed by atoms with Gasteiger partial charge in [0.1, 0.15) is 18.5 Å². The maximum absolute atomic E-state index is 11.4. The van der Waals surface area contributed by atoms with Crippen LogP contribution in [0.2, 0.25) is 0 Å². The average Bonchev–Trinajstić information content (AvgIpc) is 3.08. The molecule has 4 rings (SSSR count). The van der Waals surface area contributed by atoms with Crippen molar-refractivity contribution in [1.29, 1.82) is 0 Å². The van der Waals surface area contributed by atoms with E-state index in [2.05, 4.69) is 47.2 Å². The van der Waals surface area contributed by atoms with Gasteiger partial charge in [0.2, 0.25) is 5.91 Å². The second-order valence-electron chi connectivity index (χ2n) is 8.06. The van der Waals surface area contributed by atoms with E-state index in [1.54, 1.807) is 0 Å². The number of β-amino-alcohol motifs (C(OH)–C–C–N with tert-alkyl or cyclic N) is 1. The third kappa shape index (κ3) is 4.71. The van der Waals surface area contributed by atoms with Crippen LogP contribution in [0, 0.1) is 13.8 Å². The van der Waals surface area contributed by atoms with E-state index in [1.807, 2.05) is 18.2 Å². The summed E-state index contributed by atoms with van der Waals surface area (Å²) in [5, 5.41) is 13.2. The van der Waals surface area contributed by atoms with Crippen LogP contribution in [0.5, 0.6) is 5.75 Å². The van der Waals surface area contributed by atoms with Crippen LogP contribution in [-0.2, 0) is 11.2 Å². The highest BCUT2D eigenvalue weighted by atomic mass is 16.5. The highest BCUT2D eigenvalue weighted by molar-refractivity contribution is 5.99. The molecule has 29 heavy (non-hydrogen) atoms. The standard InChI is InChI=1S/C23H29N3O3/c1-16-3-4-19(11-17(16)2)26-9-7-25(8-10-26)14-20(27)15-29-21-5-6-22-18(12-21)13-23(28)24-22/h3-6,11-12,20,27H,7-10,13-15H2,1-2H3,(H,24,28). The zero-order valence-corrected chi connectivity index (χ0v) is 17.1. The Hall–Kier alpha value is -2.57. The van der Waals surface area contributed by atoms with Gasteiger partial charge in [-0.1, -0.05) is 6.07 Å². The highest BCUT2D eigenvalue weighted by Crippen LogP contribution is 2.27. The molecule has 2 aliphatic rings. The number of carbonyl (C=O) groups excluding carboxylic acids is 1. The second kappa shape index (κ2) is 8.43. The van der Waals surface area contributed by atoms with Crippen molar-refractivity contribution in [1.82, 2.24) is 4.90 Å². The molecule has 2 aromatic rings. The van der Waals surface area contributed by atoms with E-state index in [-0.39, 0.29) is 12.5 Å². The molecular formula is C23H29N3O3. The number of amides is 1. The SMILES string of the molecule is Cc1ccc(N2CCN(CC(O)COc3ccc4c(c3)CC(=O)N4)CC2)cc1C. The maximum Gasteiger partial charge on any atom is 0.228 e. The fraction of sp³-hybridized carbons (Fsp3) is 0.435. The van der Waals surface area contributed by atoms with Gasteiger partial charge in [0.15, 0.2) is 0 Å². The number of piperazine rings is 1. The van der Waals surface area contributed by atoms with Gasteiger partial charge in [-0.05, 0) is 60.9 Å². The van der Waals surface area contributed by atoms with Crippen molar-refractivity contribution in [3.05, 3.63) is 53.1 Å². The first-order valence-electron chi connectivity index (χ1n) is 10.3. The minimum atomic E-state index is -0.545. The molecule has 2 aromatic carbocycles. The Bertz CT molecular complexity index is 891. The average molecular weight is 396 g/mol. The fourth-order valence-corrected chi connectivity index (χ4v) is 3.95. The molecule has 0 aromatic heterocycles. The summed E-state index contributed by atoms with van der Waals surface area (Å²) >= 11 is 0. The molecule has 6 heteroatoms. The van der Waals surface area contributed by atoms with Gasteiger partial charge >= 0.3 is 0 Å². The molecule has 1 unspecified atom stereocenters. The van der Waals surface area contributed by atoms with Gasteiger partial charge in [-0.2, -0.15) is 0 Å². The molecule has 6 nitrogen and oxygen atoms in total. The number of aliphatic hydroxyl groups excluding tert-OH is 1. The number of aryl methyl sites for hydroxylation is 2. The van der Waals surface area contributed by atoms with Crippen molar-refractivity contribution < 1.29 is 14.6 Å². The summed E-state index contributed by atoms with van der Waals surface area (Å²) in [5.74, 6) is 0.705. The Morgan fingerprint density at radius 3 is 2.62 bits per heavy atom. The summed E-state index contributed by atoms with van der Waals surface area (Å²) in [6, 6.07) is 12.2. The van der Waals surface area contributed by atoms with E-state index in [4.69, 9.17) is 4.74 Å². The zero-order chi connectivity index (χ0) is 20.4. The predicted molar refractivity (Wildman–Crippen MR) is 115 cm³/mol. The molecule has 154 valence electrons. The van der Waals surface area contributed by atoms with Gasteiger partial charge in [-0.25, -0.2) is 0 Å². The first-order chi connectivity index (χ1) is 14.0. The smallest absolute Gasteiger partial charge is 0.228 e. The fourth-order valence-electron chi connectivity index (χ4n) is 3.95. The summed E-state index contributed by atoms with van der Waals surface area (Å²) in [4.78, 5) is 16.1. The molecule has 2 heterocycles. The summed E-state index contributed by atoms with van der Waals surface area (Å²) in [6.45, 7) is 8.92. The Balaban J connectivity index is 1.23. The summed E-state index contributed by atoms with van der Waals surface area (Å²) < 4.78 is 5.76. The minimum Gasteiger partial charge on any atom is -0.491 e. The molecule has 1 saturated heterocycles. The monoisotopic (exact) mass is 395 g/mol. The lowest BCUT2D eigenvalue weighted by atomic mass is 10.1. The molecule has 0 spiro atoms. The summed E-state index contributed by atoms with van der Waals surface area (Å²) in [7, 11) is 0. The van der Waals surface area contributed by atoms with Crippen molar-refractivity contribution in [2.24, 2.45) is 0 Å². The van der Waals surface area contributed by atoms with E-state index in [9.17, 15) is 9.90 Å². The molecule has 1 amide bonds. The van der Waals surface area contributed by atoms with Gasteiger partial charge in [0.25, 0.3) is 0 Å². The number of nitrogens with zero attached hydrogens (tertiary/aromatic N) is 2. The number of carbonyl (C=O) groups is 1. The Morgan fingerprint density at radius 2 is 1.86 bits per heavy atom. The summed E-state index contributed by atoms with van der Waals surface area (Å²) in [6.07, 6.45) is -0.156. The Labute approximate surface area is 172 Å². The van der Waals surface area contributed by atoms with Crippen LogP contribution in [0.25, 0.3) is 0 Å². The van der Waals surface area contributed by atoms with E-state index in [1.165, 1.54) is 16.8 Å². The quantitative estimate of drug-likeness (QED) is 0.786. The molecule has 0 bridgehead atoms. The van der Waals surface area contributed by atoms with Crippen molar-refractivity contribution in [2.45, 2.75) is 26.4 Å². The van der Waals surface area contributed by atoms with Crippen molar-refractivity contribution in [3.63, 3.8) is 0 Å². The highest BCUT2D eigenvalue weighted by Gasteiger charge is 2.21. The van der Waals surface area contributed by atoms with Crippen LogP contribution < -0.4 is 15.0 Å². The van der Waals surface area contributed by atoms with Crippen LogP contribution in [0.3, 0.4) is 0 Å². The largest absolute Gasteiger partial charge is 0.491 e. The van der Waals surface area contributed by atoms with Gasteiger partial charge in [-0.15, -0.1) is 0 Å². The third-order valence-electron chi connectivity index (χ3n) is 5.84. The van der Waals surface area contributed by atoms with Crippen LogP contribution in [-0.4, -0.2) is 61.3 Å². The number of nitrogens with one attached hydrogen (secondary N) is 1. The second-order valence-corrected chi connectivity index (χ2v) is 8.06. The van der Waals surface area contributed by atoms with Crippen LogP contribution in [0.1, 0.15) is 16.7 Å². The van der Waals surface area contributed by atoms with E-state index >= 15 is 0 Å². The van der Waals surface area contributed by atoms with Crippen molar-refractivity contribution in [3.8, 4) is 5.75 Å². The van der Waals surface area contributed by atoms with E-state index < -0.39 is 6.10 Å². The first kappa shape index (κ1) is 19.7. The van der Waals surface area contributed by atoms with Gasteiger partial charge < -0.3 is 20.1 Å². The van der Waals surface area contributed by atoms with Crippen LogP contribution in [0.15, 0.2) is 36.4 Å². The number of benzene rings is 2. The number of hydrogen-bond donors (Lipinski definition) is 2. The molecule has 1 fully saturated rings. The number of rotatable bonds is 6. The lowest BCUT2D eigenvalue weighted by Gasteiger charge is -2.37. The van der Waals surface area contributed by atoms with Gasteiger partial charge in [0.05, 0.1) is 6.42 Å². The Kier molecular flexibility index (Phi) is 5.74. The third-order valence-corrected chi connectivity index (χ3v) is 5.84. The normalized spacial score (nSPS) is 17.8. The number of fused-ring (bicyclic) bond motifs is 1. The topological polar surface area (TPSA) is 65.0 Å². The predicted octanol–water partition coefficient (Wildman–Crippen LogP) is 2.36. The lowest BCUT2D eigenvalue weighted by Crippen LogP contribution is -2.49. The van der Waals surface area contributed by atoms with Crippen LogP contribution in [0.4, 0.5) is 11.4 Å². The number of hydrogen-bond acceptors (Lipinski definition) is 5. The maximum atomic E-state index is 11.4. The van der Waals surface area contributed by atoms with Crippen molar-refractivity contribution >= 4 is 17.3 Å². The van der Waals surface area contributed by atoms with Crippen molar-refractivity contribution in [2.75, 3.05) is 49.5 Å². The number of ether oxygens (including phenoxy) is 1. The van der Waals surface area contributed by atoms with Crippen LogP contribution >= 0.6 is 0 Å². The first-order valence-corrected chi connectivity index (χ1v) is 10.3. The summed E-state index contributed by atoms with van der Waals surface area (Å²) in [5.41, 5.74) is 5.72. The van der Waals surface area contributed by atoms with E-state index in [0.29, 0.717) is 18.7 Å². The zero-order valence-electron chi connectivity index (χ0n) is 17.1. The molecular weight excluding hydrogens is 366 g/mol. The van der Waals surface area contributed by atoms with Gasteiger partial charge in [-0.3, -0.25) is 9.69 Å². The molecule has 2 N–H and O–H groups in total. The van der Waals surface area contributed by atoms with E-state index in [0.717, 1.165) is 37.4 Å². The molecule has 2 aliphatic heterocycles. The molecule has 0 aliphatic carbocycles. The molecule has 0 saturated carbocycles. The number of anilines is 2.